The molecule has 1 aliphatic heterocycles. The van der Waals surface area contributed by atoms with E-state index in [0.717, 1.165) is 18.6 Å². The van der Waals surface area contributed by atoms with Gasteiger partial charge in [-0.25, -0.2) is 9.59 Å². The molecule has 0 radical (unpaired) electrons. The topological polar surface area (TPSA) is 97.0 Å². The van der Waals surface area contributed by atoms with Gasteiger partial charge >= 0.3 is 12.0 Å². The molecule has 4 rings (SSSR count). The number of hydrogen-bond acceptors (Lipinski definition) is 6. The predicted molar refractivity (Wildman–Crippen MR) is 98.9 cm³/mol. The molecule has 2 aromatic rings. The van der Waals surface area contributed by atoms with Crippen LogP contribution in [-0.4, -0.2) is 36.1 Å². The quantitative estimate of drug-likeness (QED) is 0.678. The fraction of sp³-hybridized carbons (Fsp3) is 0.400. The highest BCUT2D eigenvalue weighted by Gasteiger charge is 2.38. The lowest BCUT2D eigenvalue weighted by molar-refractivity contribution is -0.139. The summed E-state index contributed by atoms with van der Waals surface area (Å²) < 4.78 is 16.2. The molecule has 2 amide bonds. The number of ether oxygens (including phenoxy) is 1. The summed E-state index contributed by atoms with van der Waals surface area (Å²) in [7, 11) is 0. The first-order chi connectivity index (χ1) is 13.7. The van der Waals surface area contributed by atoms with Crippen molar-refractivity contribution in [2.24, 2.45) is 0 Å². The number of carbonyl (C=O) groups excluding carboxylic acids is 2. The lowest BCUT2D eigenvalue weighted by Gasteiger charge is -2.31. The van der Waals surface area contributed by atoms with Crippen LogP contribution in [0.3, 0.4) is 0 Å². The highest BCUT2D eigenvalue weighted by Crippen LogP contribution is 2.32. The Kier molecular flexibility index (Phi) is 5.21. The van der Waals surface area contributed by atoms with Gasteiger partial charge in [0.25, 0.3) is 0 Å². The Morgan fingerprint density at radius 1 is 1.21 bits per heavy atom. The van der Waals surface area contributed by atoms with Crippen molar-refractivity contribution in [3.63, 3.8) is 0 Å². The first-order valence-electron chi connectivity index (χ1n) is 9.43. The number of nitrogens with zero attached hydrogens (tertiary/aromatic N) is 1. The van der Waals surface area contributed by atoms with Gasteiger partial charge in [0.1, 0.15) is 17.6 Å². The highest BCUT2D eigenvalue weighted by molar-refractivity contribution is 5.95. The molecule has 28 heavy (non-hydrogen) atoms. The summed E-state index contributed by atoms with van der Waals surface area (Å²) in [6.45, 7) is 3.01. The molecule has 8 nitrogen and oxygen atoms in total. The third kappa shape index (κ3) is 3.96. The summed E-state index contributed by atoms with van der Waals surface area (Å²) in [6.07, 6.45) is 5.31. The third-order valence-electron chi connectivity index (χ3n) is 4.84. The molecule has 1 saturated carbocycles. The van der Waals surface area contributed by atoms with Crippen molar-refractivity contribution in [3.05, 3.63) is 59.6 Å². The van der Waals surface area contributed by atoms with Crippen molar-refractivity contribution in [2.75, 3.05) is 13.2 Å². The molecule has 148 valence electrons. The molecular formula is C20H23N3O5. The molecule has 1 aliphatic carbocycles. The van der Waals surface area contributed by atoms with Crippen LogP contribution >= 0.6 is 0 Å². The normalized spacial score (nSPS) is 19.5. The second-order valence-electron chi connectivity index (χ2n) is 6.88. The standard InChI is InChI=1S/C20H23N3O5/c1-2-26-19(24)17-15(21-20(25)22-18(17)16-6-4-10-28-16)12-23(13-7-8-13)11-14-5-3-9-27-14/h3-6,9-10,13,18H,2,7-8,11-12H2,1H3,(H2,21,22,25)/t18-/m1/s1. The van der Waals surface area contributed by atoms with Gasteiger partial charge in [-0.1, -0.05) is 0 Å². The van der Waals surface area contributed by atoms with Gasteiger partial charge in [-0.05, 0) is 44.0 Å². The summed E-state index contributed by atoms with van der Waals surface area (Å²) in [5.74, 6) is 0.854. The van der Waals surface area contributed by atoms with Crippen LogP contribution in [0.25, 0.3) is 0 Å². The minimum absolute atomic E-state index is 0.243. The van der Waals surface area contributed by atoms with E-state index in [-0.39, 0.29) is 12.6 Å². The van der Waals surface area contributed by atoms with Crippen LogP contribution in [0.5, 0.6) is 0 Å². The molecule has 2 aromatic heterocycles. The lowest BCUT2D eigenvalue weighted by atomic mass is 9.99. The zero-order valence-corrected chi connectivity index (χ0v) is 15.6. The van der Waals surface area contributed by atoms with E-state index in [0.29, 0.717) is 36.2 Å². The van der Waals surface area contributed by atoms with Gasteiger partial charge < -0.3 is 24.2 Å². The van der Waals surface area contributed by atoms with Gasteiger partial charge in [-0.2, -0.15) is 0 Å². The van der Waals surface area contributed by atoms with E-state index < -0.39 is 12.0 Å². The molecular weight excluding hydrogens is 362 g/mol. The molecule has 2 N–H and O–H groups in total. The molecule has 1 fully saturated rings. The number of hydrogen-bond donors (Lipinski definition) is 2. The van der Waals surface area contributed by atoms with Gasteiger partial charge in [-0.15, -0.1) is 0 Å². The first kappa shape index (κ1) is 18.4. The van der Waals surface area contributed by atoms with Crippen molar-refractivity contribution in [1.29, 1.82) is 0 Å². The van der Waals surface area contributed by atoms with Crippen LogP contribution in [0, 0.1) is 0 Å². The third-order valence-corrected chi connectivity index (χ3v) is 4.84. The van der Waals surface area contributed by atoms with Crippen molar-refractivity contribution >= 4 is 12.0 Å². The van der Waals surface area contributed by atoms with Crippen LogP contribution in [-0.2, 0) is 16.1 Å². The van der Waals surface area contributed by atoms with Crippen LogP contribution in [0.1, 0.15) is 37.3 Å². The average molecular weight is 385 g/mol. The van der Waals surface area contributed by atoms with Crippen LogP contribution in [0.4, 0.5) is 4.79 Å². The molecule has 0 unspecified atom stereocenters. The maximum atomic E-state index is 12.8. The van der Waals surface area contributed by atoms with Crippen molar-refractivity contribution in [1.82, 2.24) is 15.5 Å². The Bertz CT molecular complexity index is 853. The summed E-state index contributed by atoms with van der Waals surface area (Å²) in [5.41, 5.74) is 0.892. The zero-order chi connectivity index (χ0) is 19.5. The number of amides is 2. The van der Waals surface area contributed by atoms with Gasteiger partial charge in [-0.3, -0.25) is 4.90 Å². The SMILES string of the molecule is CCOC(=O)C1=C(CN(Cc2ccco2)C2CC2)NC(=O)N[C@@H]1c1ccco1. The smallest absolute Gasteiger partial charge is 0.338 e. The Morgan fingerprint density at radius 2 is 2.00 bits per heavy atom. The number of furan rings is 2. The summed E-state index contributed by atoms with van der Waals surface area (Å²) in [5, 5.41) is 5.57. The van der Waals surface area contributed by atoms with E-state index in [1.165, 1.54) is 6.26 Å². The van der Waals surface area contributed by atoms with E-state index >= 15 is 0 Å². The molecule has 0 spiro atoms. The van der Waals surface area contributed by atoms with E-state index in [1.54, 1.807) is 25.3 Å². The monoisotopic (exact) mass is 385 g/mol. The van der Waals surface area contributed by atoms with Gasteiger partial charge in [0.15, 0.2) is 0 Å². The Morgan fingerprint density at radius 3 is 2.64 bits per heavy atom. The second-order valence-corrected chi connectivity index (χ2v) is 6.88. The van der Waals surface area contributed by atoms with Gasteiger partial charge in [0.05, 0.1) is 31.3 Å². The Labute approximate surface area is 162 Å². The fourth-order valence-electron chi connectivity index (χ4n) is 3.42. The minimum atomic E-state index is -0.692. The first-order valence-corrected chi connectivity index (χ1v) is 9.43. The van der Waals surface area contributed by atoms with Crippen molar-refractivity contribution < 1.29 is 23.2 Å². The minimum Gasteiger partial charge on any atom is -0.468 e. The number of nitrogens with one attached hydrogen (secondary N) is 2. The van der Waals surface area contributed by atoms with Gasteiger partial charge in [0, 0.05) is 18.3 Å². The predicted octanol–water partition coefficient (Wildman–Crippen LogP) is 2.71. The van der Waals surface area contributed by atoms with Crippen molar-refractivity contribution in [3.8, 4) is 0 Å². The maximum absolute atomic E-state index is 12.8. The number of urea groups is 1. The van der Waals surface area contributed by atoms with Gasteiger partial charge in [0.2, 0.25) is 0 Å². The van der Waals surface area contributed by atoms with E-state index in [9.17, 15) is 9.59 Å². The maximum Gasteiger partial charge on any atom is 0.338 e. The lowest BCUT2D eigenvalue weighted by Crippen LogP contribution is -2.48. The largest absolute Gasteiger partial charge is 0.468 e. The van der Waals surface area contributed by atoms with Crippen LogP contribution in [0.2, 0.25) is 0 Å². The molecule has 2 aliphatic rings. The summed E-state index contributed by atoms with van der Waals surface area (Å²) in [6, 6.07) is 6.55. The fourth-order valence-corrected chi connectivity index (χ4v) is 3.42. The highest BCUT2D eigenvalue weighted by atomic mass is 16.5. The van der Waals surface area contributed by atoms with E-state index in [4.69, 9.17) is 13.6 Å². The van der Waals surface area contributed by atoms with E-state index in [2.05, 4.69) is 15.5 Å². The Hall–Kier alpha value is -3.00. The molecule has 0 saturated heterocycles. The second kappa shape index (κ2) is 7.93. The summed E-state index contributed by atoms with van der Waals surface area (Å²) in [4.78, 5) is 27.3. The zero-order valence-electron chi connectivity index (χ0n) is 15.6. The molecule has 0 aromatic carbocycles. The average Bonchev–Trinajstić information content (AvgIpc) is 3.15. The van der Waals surface area contributed by atoms with Crippen LogP contribution < -0.4 is 10.6 Å². The number of rotatable bonds is 8. The number of esters is 1. The number of carbonyl (C=O) groups is 2. The molecule has 0 bridgehead atoms. The molecule has 3 heterocycles. The summed E-state index contributed by atoms with van der Waals surface area (Å²) >= 11 is 0. The van der Waals surface area contributed by atoms with Crippen molar-refractivity contribution in [2.45, 2.75) is 38.4 Å². The van der Waals surface area contributed by atoms with E-state index in [1.807, 2.05) is 12.1 Å². The molecule has 1 atom stereocenters. The molecule has 8 heteroatoms. The van der Waals surface area contributed by atoms with Crippen LogP contribution in [0.15, 0.2) is 56.9 Å². The Balaban J connectivity index is 1.67.